The number of nitrogens with zero attached hydrogens (tertiary/aromatic N) is 2. The highest BCUT2D eigenvalue weighted by atomic mass is 16.5. The van der Waals surface area contributed by atoms with Crippen LogP contribution in [-0.2, 0) is 4.74 Å². The van der Waals surface area contributed by atoms with Gasteiger partial charge in [-0.15, -0.1) is 0 Å². The Kier molecular flexibility index (Phi) is 3.79. The molecule has 0 saturated carbocycles. The van der Waals surface area contributed by atoms with E-state index < -0.39 is 11.0 Å². The molecule has 3 rings (SSSR count). The van der Waals surface area contributed by atoms with Crippen LogP contribution < -0.4 is 0 Å². The van der Waals surface area contributed by atoms with Crippen LogP contribution in [0.15, 0.2) is 0 Å². The molecular formula is C16H26N2O2. The Morgan fingerprint density at radius 1 is 1.35 bits per heavy atom. The molecule has 3 heterocycles. The summed E-state index contributed by atoms with van der Waals surface area (Å²) in [7, 11) is 0. The van der Waals surface area contributed by atoms with Gasteiger partial charge in [0.1, 0.15) is 5.41 Å². The molecule has 4 nitrogen and oxygen atoms in total. The zero-order valence-electron chi connectivity index (χ0n) is 12.5. The van der Waals surface area contributed by atoms with Crippen molar-refractivity contribution in [3.05, 3.63) is 0 Å². The molecule has 3 aliphatic rings. The van der Waals surface area contributed by atoms with Crippen LogP contribution in [0, 0.1) is 16.7 Å². The van der Waals surface area contributed by atoms with Crippen molar-refractivity contribution in [2.45, 2.75) is 69.7 Å². The normalized spacial score (nSPS) is 45.2. The second kappa shape index (κ2) is 5.29. The van der Waals surface area contributed by atoms with E-state index in [0.717, 1.165) is 58.2 Å². The molecule has 0 amide bonds. The maximum Gasteiger partial charge on any atom is 0.114 e. The van der Waals surface area contributed by atoms with E-state index in [9.17, 15) is 10.4 Å². The van der Waals surface area contributed by atoms with E-state index in [1.165, 1.54) is 0 Å². The number of rotatable bonds is 3. The molecular weight excluding hydrogens is 252 g/mol. The fourth-order valence-electron chi connectivity index (χ4n) is 4.58. The van der Waals surface area contributed by atoms with Gasteiger partial charge < -0.3 is 14.7 Å². The summed E-state index contributed by atoms with van der Waals surface area (Å²) >= 11 is 0. The summed E-state index contributed by atoms with van der Waals surface area (Å²) in [6.45, 7) is 5.24. The molecule has 2 bridgehead atoms. The maximum absolute atomic E-state index is 11.3. The lowest BCUT2D eigenvalue weighted by molar-refractivity contribution is -0.0938. The van der Waals surface area contributed by atoms with Crippen molar-refractivity contribution >= 4 is 0 Å². The average molecular weight is 278 g/mol. The van der Waals surface area contributed by atoms with Gasteiger partial charge in [-0.05, 0) is 58.0 Å². The molecule has 4 unspecified atom stereocenters. The molecule has 0 spiro atoms. The molecule has 3 aliphatic heterocycles. The number of ether oxygens (including phenoxy) is 1. The van der Waals surface area contributed by atoms with Crippen LogP contribution in [0.5, 0.6) is 0 Å². The summed E-state index contributed by atoms with van der Waals surface area (Å²) in [5, 5.41) is 21.1. The minimum absolute atomic E-state index is 0.0415. The summed E-state index contributed by atoms with van der Waals surface area (Å²) in [6, 6.07) is 2.50. The monoisotopic (exact) mass is 278 g/mol. The zero-order chi connectivity index (χ0) is 14.2. The number of aliphatic hydroxyl groups is 1. The standard InChI is InChI=1S/C16H26N2O2/c1-2-8-18-9-3-6-16(19,7-10-18)15(12-17)11-13-4-5-14(15)20-13/h13-14,19H,2-11H2,1H3. The van der Waals surface area contributed by atoms with Crippen molar-refractivity contribution in [3.63, 3.8) is 0 Å². The van der Waals surface area contributed by atoms with Gasteiger partial charge in [0.2, 0.25) is 0 Å². The zero-order valence-corrected chi connectivity index (χ0v) is 12.5. The van der Waals surface area contributed by atoms with Crippen LogP contribution in [0.4, 0.5) is 0 Å². The number of nitriles is 1. The lowest BCUT2D eigenvalue weighted by atomic mass is 9.61. The lowest BCUT2D eigenvalue weighted by Crippen LogP contribution is -2.53. The topological polar surface area (TPSA) is 56.5 Å². The second-order valence-electron chi connectivity index (χ2n) is 6.84. The molecule has 3 fully saturated rings. The van der Waals surface area contributed by atoms with Crippen LogP contribution >= 0.6 is 0 Å². The largest absolute Gasteiger partial charge is 0.388 e. The van der Waals surface area contributed by atoms with Gasteiger partial charge in [0.05, 0.1) is 23.9 Å². The Morgan fingerprint density at radius 3 is 2.80 bits per heavy atom. The first-order valence-electron chi connectivity index (χ1n) is 8.15. The van der Waals surface area contributed by atoms with Crippen molar-refractivity contribution in [3.8, 4) is 6.07 Å². The molecule has 0 aromatic rings. The lowest BCUT2D eigenvalue weighted by Gasteiger charge is -2.43. The highest BCUT2D eigenvalue weighted by Gasteiger charge is 2.63. The van der Waals surface area contributed by atoms with Crippen LogP contribution in [-0.4, -0.2) is 47.4 Å². The predicted octanol–water partition coefficient (Wildman–Crippen LogP) is 2.07. The fourth-order valence-corrected chi connectivity index (χ4v) is 4.58. The quantitative estimate of drug-likeness (QED) is 0.858. The van der Waals surface area contributed by atoms with Gasteiger partial charge in [-0.3, -0.25) is 0 Å². The predicted molar refractivity (Wildman–Crippen MR) is 76.1 cm³/mol. The molecule has 0 aromatic carbocycles. The third-order valence-electron chi connectivity index (χ3n) is 5.68. The molecule has 3 saturated heterocycles. The summed E-state index contributed by atoms with van der Waals surface area (Å²) in [6.07, 6.45) is 6.50. The van der Waals surface area contributed by atoms with E-state index >= 15 is 0 Å². The van der Waals surface area contributed by atoms with E-state index in [4.69, 9.17) is 4.74 Å². The Balaban J connectivity index is 1.79. The third-order valence-corrected chi connectivity index (χ3v) is 5.68. The molecule has 4 atom stereocenters. The molecule has 0 aliphatic carbocycles. The van der Waals surface area contributed by atoms with Gasteiger partial charge in [-0.25, -0.2) is 0 Å². The van der Waals surface area contributed by atoms with E-state index in [1.807, 2.05) is 0 Å². The highest BCUT2D eigenvalue weighted by Crippen LogP contribution is 2.55. The van der Waals surface area contributed by atoms with Gasteiger partial charge in [0, 0.05) is 6.54 Å². The molecule has 20 heavy (non-hydrogen) atoms. The first-order valence-corrected chi connectivity index (χ1v) is 8.15. The number of fused-ring (bicyclic) bond motifs is 2. The van der Waals surface area contributed by atoms with Gasteiger partial charge >= 0.3 is 0 Å². The average Bonchev–Trinajstić information content (AvgIpc) is 3.00. The molecule has 1 N–H and O–H groups in total. The Hall–Kier alpha value is -0.630. The SMILES string of the molecule is CCCN1CCCC(O)(C2(C#N)CC3CCC2O3)CC1. The van der Waals surface area contributed by atoms with Gasteiger partial charge in [-0.2, -0.15) is 5.26 Å². The summed E-state index contributed by atoms with van der Waals surface area (Å²) in [5.74, 6) is 0. The Bertz CT molecular complexity index is 408. The van der Waals surface area contributed by atoms with Crippen molar-refractivity contribution < 1.29 is 9.84 Å². The first-order chi connectivity index (χ1) is 9.63. The fraction of sp³-hybridized carbons (Fsp3) is 0.938. The van der Waals surface area contributed by atoms with E-state index in [0.29, 0.717) is 6.42 Å². The first kappa shape index (κ1) is 14.3. The summed E-state index contributed by atoms with van der Waals surface area (Å²) in [5.41, 5.74) is -1.51. The van der Waals surface area contributed by atoms with Crippen molar-refractivity contribution in [1.29, 1.82) is 5.26 Å². The molecule has 0 radical (unpaired) electrons. The number of hydrogen-bond donors (Lipinski definition) is 1. The third kappa shape index (κ3) is 2.07. The van der Waals surface area contributed by atoms with E-state index in [2.05, 4.69) is 17.9 Å². The summed E-state index contributed by atoms with van der Waals surface area (Å²) < 4.78 is 5.92. The minimum Gasteiger partial charge on any atom is -0.388 e. The van der Waals surface area contributed by atoms with Crippen molar-refractivity contribution in [2.24, 2.45) is 5.41 Å². The second-order valence-corrected chi connectivity index (χ2v) is 6.84. The Labute approximate surface area is 121 Å². The van der Waals surface area contributed by atoms with Crippen molar-refractivity contribution in [2.75, 3.05) is 19.6 Å². The number of likely N-dealkylation sites (tertiary alicyclic amines) is 1. The Morgan fingerprint density at radius 2 is 2.20 bits per heavy atom. The van der Waals surface area contributed by atoms with Gasteiger partial charge in [-0.1, -0.05) is 6.92 Å². The van der Waals surface area contributed by atoms with E-state index in [1.54, 1.807) is 0 Å². The highest BCUT2D eigenvalue weighted by molar-refractivity contribution is 5.21. The van der Waals surface area contributed by atoms with Crippen LogP contribution in [0.1, 0.15) is 51.9 Å². The smallest absolute Gasteiger partial charge is 0.114 e. The summed E-state index contributed by atoms with van der Waals surface area (Å²) in [4.78, 5) is 2.43. The van der Waals surface area contributed by atoms with Crippen LogP contribution in [0.25, 0.3) is 0 Å². The molecule has 4 heteroatoms. The molecule has 112 valence electrons. The van der Waals surface area contributed by atoms with E-state index in [-0.39, 0.29) is 12.2 Å². The maximum atomic E-state index is 11.3. The van der Waals surface area contributed by atoms with Gasteiger partial charge in [0.25, 0.3) is 0 Å². The number of hydrogen-bond acceptors (Lipinski definition) is 4. The van der Waals surface area contributed by atoms with Crippen LogP contribution in [0.2, 0.25) is 0 Å². The van der Waals surface area contributed by atoms with Crippen molar-refractivity contribution in [1.82, 2.24) is 4.90 Å². The molecule has 0 aromatic heterocycles. The minimum atomic E-state index is -0.857. The van der Waals surface area contributed by atoms with Gasteiger partial charge in [0.15, 0.2) is 0 Å². The van der Waals surface area contributed by atoms with Crippen LogP contribution in [0.3, 0.4) is 0 Å².